The number of carbonyl (C=O) groups is 1. The lowest BCUT2D eigenvalue weighted by Crippen LogP contribution is -2.30. The van der Waals surface area contributed by atoms with Crippen LogP contribution < -0.4 is 10.6 Å². The summed E-state index contributed by atoms with van der Waals surface area (Å²) in [4.78, 5) is 12.0. The molecule has 2 aromatic carbocycles. The number of hydrogen-bond acceptors (Lipinski definition) is 2. The number of fused-ring (bicyclic) bond motifs is 1. The van der Waals surface area contributed by atoms with Gasteiger partial charge in [-0.15, -0.1) is 0 Å². The van der Waals surface area contributed by atoms with E-state index in [2.05, 4.69) is 50.8 Å². The van der Waals surface area contributed by atoms with E-state index in [4.69, 9.17) is 0 Å². The molecule has 2 aromatic rings. The summed E-state index contributed by atoms with van der Waals surface area (Å²) in [7, 11) is 0. The molecular formula is C17H17BrN2O. The Bertz CT molecular complexity index is 639. The Morgan fingerprint density at radius 1 is 1.14 bits per heavy atom. The van der Waals surface area contributed by atoms with Crippen LogP contribution in [0.15, 0.2) is 53.0 Å². The van der Waals surface area contributed by atoms with E-state index in [9.17, 15) is 4.79 Å². The molecule has 0 heterocycles. The summed E-state index contributed by atoms with van der Waals surface area (Å²) in [5, 5.41) is 6.24. The van der Waals surface area contributed by atoms with Gasteiger partial charge in [-0.2, -0.15) is 0 Å². The van der Waals surface area contributed by atoms with Crippen molar-refractivity contribution < 1.29 is 4.79 Å². The van der Waals surface area contributed by atoms with Crippen molar-refractivity contribution in [3.63, 3.8) is 0 Å². The van der Waals surface area contributed by atoms with Crippen LogP contribution in [0.5, 0.6) is 0 Å². The van der Waals surface area contributed by atoms with Crippen molar-refractivity contribution in [1.82, 2.24) is 5.32 Å². The highest BCUT2D eigenvalue weighted by molar-refractivity contribution is 9.10. The van der Waals surface area contributed by atoms with Crippen molar-refractivity contribution in [3.8, 4) is 0 Å². The zero-order valence-corrected chi connectivity index (χ0v) is 13.2. The molecule has 1 atom stereocenters. The Balaban J connectivity index is 1.54. The van der Waals surface area contributed by atoms with Gasteiger partial charge in [-0.3, -0.25) is 4.79 Å². The van der Waals surface area contributed by atoms with Gasteiger partial charge in [0.1, 0.15) is 0 Å². The van der Waals surface area contributed by atoms with Gasteiger partial charge in [-0.1, -0.05) is 40.2 Å². The molecule has 0 radical (unpaired) electrons. The lowest BCUT2D eigenvalue weighted by atomic mass is 10.1. The minimum atomic E-state index is -0.0123. The predicted molar refractivity (Wildman–Crippen MR) is 88.3 cm³/mol. The highest BCUT2D eigenvalue weighted by Gasteiger charge is 2.21. The van der Waals surface area contributed by atoms with Crippen molar-refractivity contribution in [2.75, 3.05) is 11.9 Å². The highest BCUT2D eigenvalue weighted by atomic mass is 79.9. The Labute approximate surface area is 132 Å². The van der Waals surface area contributed by atoms with Crippen LogP contribution in [0.3, 0.4) is 0 Å². The maximum atomic E-state index is 12.0. The summed E-state index contributed by atoms with van der Waals surface area (Å²) in [6.45, 7) is 0.328. The second kappa shape index (κ2) is 6.41. The normalized spacial score (nSPS) is 16.5. The van der Waals surface area contributed by atoms with Crippen LogP contribution in [0.1, 0.15) is 23.6 Å². The smallest absolute Gasteiger partial charge is 0.238 e. The summed E-state index contributed by atoms with van der Waals surface area (Å²) in [5.41, 5.74) is 3.54. The van der Waals surface area contributed by atoms with Crippen LogP contribution in [0.4, 0.5) is 5.69 Å². The summed E-state index contributed by atoms with van der Waals surface area (Å²) in [5.74, 6) is -0.0123. The number of hydrogen-bond donors (Lipinski definition) is 2. The van der Waals surface area contributed by atoms with Crippen molar-refractivity contribution in [3.05, 3.63) is 64.1 Å². The fourth-order valence-corrected chi connectivity index (χ4v) is 2.99. The van der Waals surface area contributed by atoms with Crippen LogP contribution in [0.25, 0.3) is 0 Å². The van der Waals surface area contributed by atoms with Gasteiger partial charge in [0.2, 0.25) is 5.91 Å². The van der Waals surface area contributed by atoms with Gasteiger partial charge in [-0.25, -0.2) is 0 Å². The summed E-state index contributed by atoms with van der Waals surface area (Å²) < 4.78 is 1.00. The van der Waals surface area contributed by atoms with Gasteiger partial charge >= 0.3 is 0 Å². The quantitative estimate of drug-likeness (QED) is 0.888. The molecule has 4 heteroatoms. The average molecular weight is 345 g/mol. The topological polar surface area (TPSA) is 41.1 Å². The van der Waals surface area contributed by atoms with Gasteiger partial charge in [0.15, 0.2) is 0 Å². The zero-order chi connectivity index (χ0) is 14.7. The van der Waals surface area contributed by atoms with E-state index >= 15 is 0 Å². The first kappa shape index (κ1) is 14.3. The number of anilines is 1. The molecule has 1 unspecified atom stereocenters. The van der Waals surface area contributed by atoms with Gasteiger partial charge in [0.25, 0.3) is 0 Å². The SMILES string of the molecule is O=C(CNC1CCc2ccccc21)Nc1ccc(Br)cc1. The molecule has 1 aliphatic carbocycles. The van der Waals surface area contributed by atoms with Gasteiger partial charge in [0.05, 0.1) is 6.54 Å². The first-order valence-corrected chi connectivity index (χ1v) is 7.88. The van der Waals surface area contributed by atoms with Crippen LogP contribution in [-0.4, -0.2) is 12.5 Å². The van der Waals surface area contributed by atoms with Crippen molar-refractivity contribution >= 4 is 27.5 Å². The third kappa shape index (κ3) is 3.52. The van der Waals surface area contributed by atoms with Crippen LogP contribution >= 0.6 is 15.9 Å². The lowest BCUT2D eigenvalue weighted by Gasteiger charge is -2.14. The molecule has 0 saturated carbocycles. The zero-order valence-electron chi connectivity index (χ0n) is 11.6. The number of aryl methyl sites for hydroxylation is 1. The molecule has 3 nitrogen and oxygen atoms in total. The minimum Gasteiger partial charge on any atom is -0.325 e. The Kier molecular flexibility index (Phi) is 4.36. The van der Waals surface area contributed by atoms with E-state index in [-0.39, 0.29) is 11.9 Å². The van der Waals surface area contributed by atoms with Crippen molar-refractivity contribution in [2.45, 2.75) is 18.9 Å². The van der Waals surface area contributed by atoms with E-state index in [1.54, 1.807) is 0 Å². The van der Waals surface area contributed by atoms with Gasteiger partial charge in [0, 0.05) is 16.2 Å². The number of amides is 1. The molecule has 1 aliphatic rings. The van der Waals surface area contributed by atoms with E-state index in [1.165, 1.54) is 11.1 Å². The molecule has 108 valence electrons. The van der Waals surface area contributed by atoms with Crippen molar-refractivity contribution in [1.29, 1.82) is 0 Å². The first-order valence-electron chi connectivity index (χ1n) is 7.09. The number of nitrogens with one attached hydrogen (secondary N) is 2. The predicted octanol–water partition coefficient (Wildman–Crippen LogP) is 3.66. The highest BCUT2D eigenvalue weighted by Crippen LogP contribution is 2.30. The molecule has 0 spiro atoms. The Morgan fingerprint density at radius 2 is 1.90 bits per heavy atom. The molecule has 0 aliphatic heterocycles. The molecule has 0 aromatic heterocycles. The van der Waals surface area contributed by atoms with E-state index in [0.717, 1.165) is 23.0 Å². The maximum absolute atomic E-state index is 12.0. The molecule has 0 saturated heterocycles. The van der Waals surface area contributed by atoms with Gasteiger partial charge < -0.3 is 10.6 Å². The standard InChI is InChI=1S/C17H17BrN2O/c18-13-6-8-14(9-7-13)20-17(21)11-19-16-10-5-12-3-1-2-4-15(12)16/h1-4,6-9,16,19H,5,10-11H2,(H,20,21). The number of benzene rings is 2. The molecular weight excluding hydrogens is 328 g/mol. The minimum absolute atomic E-state index is 0.0123. The molecule has 0 bridgehead atoms. The van der Waals surface area contributed by atoms with Crippen molar-refractivity contribution in [2.24, 2.45) is 0 Å². The lowest BCUT2D eigenvalue weighted by molar-refractivity contribution is -0.115. The number of rotatable bonds is 4. The summed E-state index contributed by atoms with van der Waals surface area (Å²) in [6, 6.07) is 16.3. The monoisotopic (exact) mass is 344 g/mol. The van der Waals surface area contributed by atoms with Gasteiger partial charge in [-0.05, 0) is 48.2 Å². The average Bonchev–Trinajstić information content (AvgIpc) is 2.91. The van der Waals surface area contributed by atoms with E-state index < -0.39 is 0 Å². The maximum Gasteiger partial charge on any atom is 0.238 e. The third-order valence-electron chi connectivity index (χ3n) is 3.77. The van der Waals surface area contributed by atoms with Crippen LogP contribution in [-0.2, 0) is 11.2 Å². The molecule has 3 rings (SSSR count). The van der Waals surface area contributed by atoms with Crippen LogP contribution in [0.2, 0.25) is 0 Å². The van der Waals surface area contributed by atoms with Crippen LogP contribution in [0, 0.1) is 0 Å². The number of halogens is 1. The first-order chi connectivity index (χ1) is 10.2. The second-order valence-electron chi connectivity index (χ2n) is 5.23. The Hall–Kier alpha value is -1.65. The molecule has 0 fully saturated rings. The fraction of sp³-hybridized carbons (Fsp3) is 0.235. The third-order valence-corrected chi connectivity index (χ3v) is 4.30. The molecule has 2 N–H and O–H groups in total. The summed E-state index contributed by atoms with van der Waals surface area (Å²) >= 11 is 3.38. The molecule has 21 heavy (non-hydrogen) atoms. The molecule has 1 amide bonds. The number of carbonyl (C=O) groups excluding carboxylic acids is 1. The largest absolute Gasteiger partial charge is 0.325 e. The summed E-state index contributed by atoms with van der Waals surface area (Å²) in [6.07, 6.45) is 2.15. The Morgan fingerprint density at radius 3 is 2.71 bits per heavy atom. The van der Waals surface area contributed by atoms with E-state index in [1.807, 2.05) is 24.3 Å². The van der Waals surface area contributed by atoms with E-state index in [0.29, 0.717) is 6.54 Å². The fourth-order valence-electron chi connectivity index (χ4n) is 2.72. The second-order valence-corrected chi connectivity index (χ2v) is 6.14.